The number of unbranched alkanes of at least 4 members (excludes halogenated alkanes) is 1. The molecular weight excluding hydrogens is 543 g/mol. The third kappa shape index (κ3) is 13.4. The molecule has 0 heterocycles. The normalized spacial score (nSPS) is 11.8. The van der Waals surface area contributed by atoms with Crippen molar-refractivity contribution in [2.75, 3.05) is 39.5 Å². The number of nitrogens with zero attached hydrogens (tertiary/aromatic N) is 1. The predicted molar refractivity (Wildman–Crippen MR) is 154 cm³/mol. The van der Waals surface area contributed by atoms with Crippen LogP contribution >= 0.6 is 23.2 Å². The van der Waals surface area contributed by atoms with E-state index in [4.69, 9.17) is 37.4 Å². The summed E-state index contributed by atoms with van der Waals surface area (Å²) in [4.78, 5) is 25.8. The van der Waals surface area contributed by atoms with Gasteiger partial charge >= 0.3 is 12.0 Å². The first kappa shape index (κ1) is 32.7. The van der Waals surface area contributed by atoms with E-state index in [1.165, 1.54) is 0 Å². The van der Waals surface area contributed by atoms with Crippen LogP contribution < -0.4 is 10.1 Å². The molecule has 2 amide bonds. The fourth-order valence-electron chi connectivity index (χ4n) is 3.74. The van der Waals surface area contributed by atoms with Crippen molar-refractivity contribution in [3.05, 3.63) is 63.6 Å². The highest BCUT2D eigenvalue weighted by molar-refractivity contribution is 6.34. The van der Waals surface area contributed by atoms with E-state index in [2.05, 4.69) is 19.2 Å². The zero-order valence-corrected chi connectivity index (χ0v) is 24.5. The molecule has 0 fully saturated rings. The molecular formula is C29H40Cl2N2O6. The average molecular weight is 584 g/mol. The molecule has 0 saturated heterocycles. The standard InChI is InChI=1S/C29H40Cl2N2O6/c1-4-38-27(28(34)35)17-22-7-9-26(10-8-22)39-14-12-33(29(36)32-19-21(2)3)11-5-6-13-37-20-23-15-24(30)18-25(31)16-23/h7-10,15-16,18,21,27H,4-6,11-14,17,19-20H2,1-3H3,(H,32,36)(H,34,35). The van der Waals surface area contributed by atoms with Gasteiger partial charge < -0.3 is 29.5 Å². The first-order chi connectivity index (χ1) is 18.7. The second-order valence-corrected chi connectivity index (χ2v) is 10.5. The van der Waals surface area contributed by atoms with E-state index in [1.807, 2.05) is 24.3 Å². The minimum absolute atomic E-state index is 0.118. The van der Waals surface area contributed by atoms with E-state index in [1.54, 1.807) is 30.0 Å². The van der Waals surface area contributed by atoms with E-state index in [-0.39, 0.29) is 12.5 Å². The lowest BCUT2D eigenvalue weighted by Crippen LogP contribution is -2.43. The number of benzene rings is 2. The highest BCUT2D eigenvalue weighted by atomic mass is 35.5. The van der Waals surface area contributed by atoms with Gasteiger partial charge in [0.2, 0.25) is 0 Å². The van der Waals surface area contributed by atoms with Crippen LogP contribution in [0.1, 0.15) is 44.7 Å². The van der Waals surface area contributed by atoms with Gasteiger partial charge in [0.1, 0.15) is 12.4 Å². The lowest BCUT2D eigenvalue weighted by molar-refractivity contribution is -0.149. The van der Waals surface area contributed by atoms with E-state index in [0.717, 1.165) is 24.0 Å². The van der Waals surface area contributed by atoms with Crippen molar-refractivity contribution in [3.63, 3.8) is 0 Å². The summed E-state index contributed by atoms with van der Waals surface area (Å²) in [7, 11) is 0. The molecule has 8 nitrogen and oxygen atoms in total. The van der Waals surface area contributed by atoms with Crippen LogP contribution in [-0.4, -0.2) is 67.6 Å². The first-order valence-corrected chi connectivity index (χ1v) is 14.0. The molecule has 0 spiro atoms. The van der Waals surface area contributed by atoms with Gasteiger partial charge in [-0.2, -0.15) is 0 Å². The quantitative estimate of drug-likeness (QED) is 0.207. The van der Waals surface area contributed by atoms with Crippen LogP contribution in [0, 0.1) is 5.92 Å². The lowest BCUT2D eigenvalue weighted by atomic mass is 10.1. The van der Waals surface area contributed by atoms with Crippen LogP contribution in [0.2, 0.25) is 10.0 Å². The number of carboxylic acid groups (broad SMARTS) is 1. The van der Waals surface area contributed by atoms with Gasteiger partial charge in [0.25, 0.3) is 0 Å². The Labute approximate surface area is 241 Å². The molecule has 0 saturated carbocycles. The van der Waals surface area contributed by atoms with Crippen LogP contribution in [0.5, 0.6) is 5.75 Å². The molecule has 0 radical (unpaired) electrons. The van der Waals surface area contributed by atoms with Gasteiger partial charge in [-0.1, -0.05) is 49.2 Å². The van der Waals surface area contributed by atoms with Gasteiger partial charge in [-0.3, -0.25) is 0 Å². The van der Waals surface area contributed by atoms with E-state index >= 15 is 0 Å². The van der Waals surface area contributed by atoms with Gasteiger partial charge in [0.05, 0.1) is 13.2 Å². The minimum Gasteiger partial charge on any atom is -0.492 e. The number of carbonyl (C=O) groups excluding carboxylic acids is 1. The molecule has 0 aliphatic rings. The summed E-state index contributed by atoms with van der Waals surface area (Å²) in [6.45, 7) is 9.13. The number of carbonyl (C=O) groups is 2. The third-order valence-corrected chi connectivity index (χ3v) is 6.16. The maximum atomic E-state index is 12.8. The van der Waals surface area contributed by atoms with Crippen molar-refractivity contribution in [3.8, 4) is 5.75 Å². The number of rotatable bonds is 18. The number of hydrogen-bond donors (Lipinski definition) is 2. The van der Waals surface area contributed by atoms with Crippen molar-refractivity contribution < 1.29 is 28.9 Å². The number of hydrogen-bond acceptors (Lipinski definition) is 5. The predicted octanol–water partition coefficient (Wildman–Crippen LogP) is 6.07. The topological polar surface area (TPSA) is 97.3 Å². The monoisotopic (exact) mass is 582 g/mol. The molecule has 0 aromatic heterocycles. The molecule has 2 rings (SSSR count). The number of urea groups is 1. The van der Waals surface area contributed by atoms with E-state index < -0.39 is 12.1 Å². The van der Waals surface area contributed by atoms with Crippen LogP contribution in [0.15, 0.2) is 42.5 Å². The first-order valence-electron chi connectivity index (χ1n) is 13.3. The van der Waals surface area contributed by atoms with Crippen LogP contribution in [0.3, 0.4) is 0 Å². The molecule has 2 aromatic rings. The van der Waals surface area contributed by atoms with Crippen LogP contribution in [0.25, 0.3) is 0 Å². The molecule has 10 heteroatoms. The van der Waals surface area contributed by atoms with Crippen molar-refractivity contribution in [1.82, 2.24) is 10.2 Å². The van der Waals surface area contributed by atoms with Crippen molar-refractivity contribution in [2.24, 2.45) is 5.92 Å². The van der Waals surface area contributed by atoms with Gasteiger partial charge in [-0.15, -0.1) is 0 Å². The highest BCUT2D eigenvalue weighted by Crippen LogP contribution is 2.19. The maximum absolute atomic E-state index is 12.8. The Morgan fingerprint density at radius 3 is 2.28 bits per heavy atom. The summed E-state index contributed by atoms with van der Waals surface area (Å²) in [6, 6.07) is 12.5. The molecule has 0 aliphatic heterocycles. The number of ether oxygens (including phenoxy) is 3. The van der Waals surface area contributed by atoms with Gasteiger partial charge in [-0.25, -0.2) is 9.59 Å². The fourth-order valence-corrected chi connectivity index (χ4v) is 4.31. The van der Waals surface area contributed by atoms with Crippen molar-refractivity contribution in [1.29, 1.82) is 0 Å². The van der Waals surface area contributed by atoms with Crippen molar-refractivity contribution in [2.45, 2.75) is 52.7 Å². The molecule has 1 unspecified atom stereocenters. The molecule has 1 atom stereocenters. The SMILES string of the molecule is CCOC(Cc1ccc(OCCN(CCCCOCc2cc(Cl)cc(Cl)c2)C(=O)NCC(C)C)cc1)C(=O)O. The summed E-state index contributed by atoms with van der Waals surface area (Å²) in [5.41, 5.74) is 1.77. The summed E-state index contributed by atoms with van der Waals surface area (Å²) >= 11 is 12.1. The molecule has 0 aliphatic carbocycles. The Morgan fingerprint density at radius 1 is 0.974 bits per heavy atom. The number of carboxylic acids is 1. The number of aliphatic carboxylic acids is 1. The van der Waals surface area contributed by atoms with Gasteiger partial charge in [0, 0.05) is 42.8 Å². The summed E-state index contributed by atoms with van der Waals surface area (Å²) in [5, 5.41) is 13.4. The number of nitrogens with one attached hydrogen (secondary N) is 1. The minimum atomic E-state index is -0.981. The molecule has 2 N–H and O–H groups in total. The summed E-state index contributed by atoms with van der Waals surface area (Å²) < 4.78 is 16.9. The second kappa shape index (κ2) is 17.9. The van der Waals surface area contributed by atoms with Gasteiger partial charge in [0.15, 0.2) is 6.10 Å². The zero-order valence-electron chi connectivity index (χ0n) is 23.0. The Morgan fingerprint density at radius 2 is 1.67 bits per heavy atom. The Balaban J connectivity index is 1.79. The number of amides is 2. The Bertz CT molecular complexity index is 999. The van der Waals surface area contributed by atoms with Crippen LogP contribution in [-0.2, 0) is 27.3 Å². The highest BCUT2D eigenvalue weighted by Gasteiger charge is 2.18. The largest absolute Gasteiger partial charge is 0.492 e. The third-order valence-electron chi connectivity index (χ3n) is 5.72. The molecule has 0 bridgehead atoms. The van der Waals surface area contributed by atoms with Crippen molar-refractivity contribution >= 4 is 35.2 Å². The molecule has 2 aromatic carbocycles. The lowest BCUT2D eigenvalue weighted by Gasteiger charge is -2.24. The van der Waals surface area contributed by atoms with E-state index in [0.29, 0.717) is 67.8 Å². The zero-order chi connectivity index (χ0) is 28.6. The average Bonchev–Trinajstić information content (AvgIpc) is 2.88. The number of halogens is 2. The smallest absolute Gasteiger partial charge is 0.333 e. The maximum Gasteiger partial charge on any atom is 0.333 e. The summed E-state index contributed by atoms with van der Waals surface area (Å²) in [6.07, 6.45) is 0.985. The Kier molecular flexibility index (Phi) is 15.0. The summed E-state index contributed by atoms with van der Waals surface area (Å²) in [5.74, 6) is 0.0205. The Hall–Kier alpha value is -2.52. The fraction of sp³-hybridized carbons (Fsp3) is 0.517. The van der Waals surface area contributed by atoms with Crippen LogP contribution in [0.4, 0.5) is 4.79 Å². The molecule has 39 heavy (non-hydrogen) atoms. The van der Waals surface area contributed by atoms with E-state index in [9.17, 15) is 14.7 Å². The second-order valence-electron chi connectivity index (χ2n) is 9.58. The molecule has 216 valence electrons. The van der Waals surface area contributed by atoms with Gasteiger partial charge in [-0.05, 0) is 67.1 Å².